The smallest absolute Gasteiger partial charge is 0.137 e. The van der Waals surface area contributed by atoms with E-state index in [0.29, 0.717) is 6.04 Å². The summed E-state index contributed by atoms with van der Waals surface area (Å²) in [6.45, 7) is 3.06. The SMILES string of the molecule is CC(NCCc1ncn[nH]1)c1ccccc1. The Bertz CT molecular complexity index is 396. The summed E-state index contributed by atoms with van der Waals surface area (Å²) in [4.78, 5) is 4.08. The van der Waals surface area contributed by atoms with E-state index in [0.717, 1.165) is 18.8 Å². The van der Waals surface area contributed by atoms with Crippen LogP contribution in [0.3, 0.4) is 0 Å². The Morgan fingerprint density at radius 2 is 2.12 bits per heavy atom. The third kappa shape index (κ3) is 2.90. The second-order valence-electron chi connectivity index (χ2n) is 3.77. The first-order valence-corrected chi connectivity index (χ1v) is 5.49. The van der Waals surface area contributed by atoms with Crippen molar-refractivity contribution < 1.29 is 0 Å². The number of hydrogen-bond acceptors (Lipinski definition) is 3. The fourth-order valence-electron chi connectivity index (χ4n) is 1.62. The lowest BCUT2D eigenvalue weighted by Gasteiger charge is -2.13. The van der Waals surface area contributed by atoms with E-state index >= 15 is 0 Å². The monoisotopic (exact) mass is 216 g/mol. The molecule has 1 aromatic heterocycles. The van der Waals surface area contributed by atoms with Crippen LogP contribution in [0.25, 0.3) is 0 Å². The van der Waals surface area contributed by atoms with E-state index in [9.17, 15) is 0 Å². The van der Waals surface area contributed by atoms with Gasteiger partial charge in [-0.25, -0.2) is 4.98 Å². The maximum atomic E-state index is 4.08. The molecule has 2 N–H and O–H groups in total. The molecule has 0 amide bonds. The van der Waals surface area contributed by atoms with E-state index in [1.54, 1.807) is 0 Å². The van der Waals surface area contributed by atoms with Crippen molar-refractivity contribution >= 4 is 0 Å². The molecule has 4 heteroatoms. The molecule has 0 bridgehead atoms. The summed E-state index contributed by atoms with van der Waals surface area (Å²) in [5.41, 5.74) is 1.31. The quantitative estimate of drug-likeness (QED) is 0.799. The van der Waals surface area contributed by atoms with Crippen molar-refractivity contribution in [1.29, 1.82) is 0 Å². The summed E-state index contributed by atoms with van der Waals surface area (Å²) in [6, 6.07) is 10.8. The molecule has 1 unspecified atom stereocenters. The fraction of sp³-hybridized carbons (Fsp3) is 0.333. The molecule has 0 aliphatic heterocycles. The Hall–Kier alpha value is -1.68. The van der Waals surface area contributed by atoms with Crippen LogP contribution in [0.15, 0.2) is 36.7 Å². The van der Waals surface area contributed by atoms with Crippen LogP contribution >= 0.6 is 0 Å². The lowest BCUT2D eigenvalue weighted by molar-refractivity contribution is 0.570. The van der Waals surface area contributed by atoms with Crippen molar-refractivity contribution in [2.45, 2.75) is 19.4 Å². The van der Waals surface area contributed by atoms with Crippen LogP contribution in [0.5, 0.6) is 0 Å². The van der Waals surface area contributed by atoms with Crippen LogP contribution in [0, 0.1) is 0 Å². The summed E-state index contributed by atoms with van der Waals surface area (Å²) < 4.78 is 0. The van der Waals surface area contributed by atoms with Gasteiger partial charge in [-0.3, -0.25) is 5.10 Å². The molecule has 0 aliphatic carbocycles. The number of nitrogens with one attached hydrogen (secondary N) is 2. The molecule has 2 aromatic rings. The largest absolute Gasteiger partial charge is 0.310 e. The molecule has 2 rings (SSSR count). The average Bonchev–Trinajstić information content (AvgIpc) is 2.83. The highest BCUT2D eigenvalue weighted by Gasteiger charge is 2.03. The Morgan fingerprint density at radius 3 is 2.81 bits per heavy atom. The van der Waals surface area contributed by atoms with Crippen molar-refractivity contribution in [2.75, 3.05) is 6.54 Å². The number of aromatic nitrogens is 3. The van der Waals surface area contributed by atoms with Crippen molar-refractivity contribution in [1.82, 2.24) is 20.5 Å². The number of hydrogen-bond donors (Lipinski definition) is 2. The molecule has 1 atom stereocenters. The lowest BCUT2D eigenvalue weighted by Crippen LogP contribution is -2.21. The molecule has 0 radical (unpaired) electrons. The minimum atomic E-state index is 0.365. The fourth-order valence-corrected chi connectivity index (χ4v) is 1.62. The second kappa shape index (κ2) is 5.42. The van der Waals surface area contributed by atoms with E-state index in [-0.39, 0.29) is 0 Å². The normalized spacial score (nSPS) is 12.6. The van der Waals surface area contributed by atoms with Crippen molar-refractivity contribution in [3.05, 3.63) is 48.0 Å². The molecule has 1 aromatic carbocycles. The van der Waals surface area contributed by atoms with E-state index < -0.39 is 0 Å². The average molecular weight is 216 g/mol. The van der Waals surface area contributed by atoms with Gasteiger partial charge in [0.15, 0.2) is 0 Å². The number of aromatic amines is 1. The number of H-pyrrole nitrogens is 1. The van der Waals surface area contributed by atoms with Crippen molar-refractivity contribution in [3.63, 3.8) is 0 Å². The maximum Gasteiger partial charge on any atom is 0.137 e. The van der Waals surface area contributed by atoms with Gasteiger partial charge < -0.3 is 5.32 Å². The molecule has 0 fully saturated rings. The highest BCUT2D eigenvalue weighted by molar-refractivity contribution is 5.17. The molecule has 0 saturated carbocycles. The molecule has 0 saturated heterocycles. The first-order chi connectivity index (χ1) is 7.86. The van der Waals surface area contributed by atoms with Gasteiger partial charge in [-0.15, -0.1) is 0 Å². The standard InChI is InChI=1S/C12H16N4/c1-10(11-5-3-2-4-6-11)13-8-7-12-14-9-15-16-12/h2-6,9-10,13H,7-8H2,1H3,(H,14,15,16). The number of benzene rings is 1. The van der Waals surface area contributed by atoms with Crippen LogP contribution in [-0.2, 0) is 6.42 Å². The van der Waals surface area contributed by atoms with Crippen LogP contribution in [0.1, 0.15) is 24.4 Å². The number of rotatable bonds is 5. The van der Waals surface area contributed by atoms with Crippen molar-refractivity contribution in [2.24, 2.45) is 0 Å². The van der Waals surface area contributed by atoms with Gasteiger partial charge in [0.1, 0.15) is 12.2 Å². The summed E-state index contributed by atoms with van der Waals surface area (Å²) in [7, 11) is 0. The number of nitrogens with zero attached hydrogens (tertiary/aromatic N) is 2. The molecule has 1 heterocycles. The highest BCUT2D eigenvalue weighted by atomic mass is 15.2. The zero-order chi connectivity index (χ0) is 11.2. The van der Waals surface area contributed by atoms with E-state index in [4.69, 9.17) is 0 Å². The summed E-state index contributed by atoms with van der Waals surface area (Å²) >= 11 is 0. The molecular formula is C12H16N4. The van der Waals surface area contributed by atoms with Gasteiger partial charge in [-0.2, -0.15) is 5.10 Å². The van der Waals surface area contributed by atoms with Gasteiger partial charge in [-0.1, -0.05) is 30.3 Å². The minimum Gasteiger partial charge on any atom is -0.310 e. The molecule has 16 heavy (non-hydrogen) atoms. The Balaban J connectivity index is 1.78. The third-order valence-electron chi connectivity index (χ3n) is 2.58. The van der Waals surface area contributed by atoms with E-state index in [1.165, 1.54) is 11.9 Å². The summed E-state index contributed by atoms with van der Waals surface area (Å²) in [5.74, 6) is 0.924. The van der Waals surface area contributed by atoms with Gasteiger partial charge in [-0.05, 0) is 12.5 Å². The second-order valence-corrected chi connectivity index (χ2v) is 3.77. The minimum absolute atomic E-state index is 0.365. The maximum absolute atomic E-state index is 4.08. The van der Waals surface area contributed by atoms with Crippen LogP contribution in [-0.4, -0.2) is 21.7 Å². The van der Waals surface area contributed by atoms with E-state index in [1.807, 2.05) is 6.07 Å². The van der Waals surface area contributed by atoms with Gasteiger partial charge in [0.25, 0.3) is 0 Å². The predicted octanol–water partition coefficient (Wildman–Crippen LogP) is 1.70. The summed E-state index contributed by atoms with van der Waals surface area (Å²) in [5, 5.41) is 10.1. The van der Waals surface area contributed by atoms with Crippen LogP contribution in [0.2, 0.25) is 0 Å². The topological polar surface area (TPSA) is 53.6 Å². The molecule has 0 aliphatic rings. The van der Waals surface area contributed by atoms with Crippen molar-refractivity contribution in [3.8, 4) is 0 Å². The molecular weight excluding hydrogens is 200 g/mol. The lowest BCUT2D eigenvalue weighted by atomic mass is 10.1. The van der Waals surface area contributed by atoms with Crippen LogP contribution in [0.4, 0.5) is 0 Å². The van der Waals surface area contributed by atoms with Gasteiger partial charge in [0.05, 0.1) is 0 Å². The molecule has 4 nitrogen and oxygen atoms in total. The predicted molar refractivity (Wildman–Crippen MR) is 62.9 cm³/mol. The first kappa shape index (κ1) is 10.8. The third-order valence-corrected chi connectivity index (χ3v) is 2.58. The van der Waals surface area contributed by atoms with Gasteiger partial charge >= 0.3 is 0 Å². The van der Waals surface area contributed by atoms with E-state index in [2.05, 4.69) is 51.7 Å². The Morgan fingerprint density at radius 1 is 1.31 bits per heavy atom. The summed E-state index contributed by atoms with van der Waals surface area (Å²) in [6.07, 6.45) is 2.41. The van der Waals surface area contributed by atoms with Gasteiger partial charge in [0.2, 0.25) is 0 Å². The Kier molecular flexibility index (Phi) is 3.66. The molecule has 0 spiro atoms. The Labute approximate surface area is 95.1 Å². The zero-order valence-corrected chi connectivity index (χ0v) is 9.35. The highest BCUT2D eigenvalue weighted by Crippen LogP contribution is 2.10. The van der Waals surface area contributed by atoms with Gasteiger partial charge in [0, 0.05) is 19.0 Å². The zero-order valence-electron chi connectivity index (χ0n) is 9.35. The molecule has 84 valence electrons. The van der Waals surface area contributed by atoms with Crippen LogP contribution < -0.4 is 5.32 Å². The first-order valence-electron chi connectivity index (χ1n) is 5.49.